The molecule has 0 bridgehead atoms. The van der Waals surface area contributed by atoms with Gasteiger partial charge in [-0.05, 0) is 112 Å². The highest BCUT2D eigenvalue weighted by Gasteiger charge is 2.18. The van der Waals surface area contributed by atoms with E-state index in [1.54, 1.807) is 6.92 Å². The van der Waals surface area contributed by atoms with E-state index >= 15 is 0 Å². The predicted molar refractivity (Wildman–Crippen MR) is 151 cm³/mol. The SMILES string of the molecule is CC(=O)CCC=C(C)CCC=C(C)CCC=C(C)CCC=C(C)CCC=C(C)C(=O)N1CCCC1. The lowest BCUT2D eigenvalue weighted by atomic mass is 10.0. The van der Waals surface area contributed by atoms with Gasteiger partial charge in [0.15, 0.2) is 0 Å². The van der Waals surface area contributed by atoms with Crippen LogP contribution in [-0.2, 0) is 9.59 Å². The molecule has 1 amide bonds. The van der Waals surface area contributed by atoms with E-state index in [-0.39, 0.29) is 11.7 Å². The van der Waals surface area contributed by atoms with Crippen molar-refractivity contribution >= 4 is 11.7 Å². The van der Waals surface area contributed by atoms with Gasteiger partial charge in [0.2, 0.25) is 5.91 Å². The molecule has 0 spiro atoms. The fourth-order valence-electron chi connectivity index (χ4n) is 4.34. The summed E-state index contributed by atoms with van der Waals surface area (Å²) in [6.07, 6.45) is 23.9. The Morgan fingerprint density at radius 2 is 0.886 bits per heavy atom. The number of nitrogens with zero attached hydrogens (tertiary/aromatic N) is 1. The number of allylic oxidation sites excluding steroid dienone is 9. The maximum Gasteiger partial charge on any atom is 0.249 e. The van der Waals surface area contributed by atoms with Crippen molar-refractivity contribution in [2.45, 2.75) is 119 Å². The first kappa shape index (κ1) is 30.9. The first-order valence-electron chi connectivity index (χ1n) is 13.8. The fraction of sp³-hybridized carbons (Fsp3) is 0.625. The maximum atomic E-state index is 12.4. The van der Waals surface area contributed by atoms with E-state index in [1.807, 2.05) is 11.8 Å². The summed E-state index contributed by atoms with van der Waals surface area (Å²) in [5.74, 6) is 0.493. The van der Waals surface area contributed by atoms with Gasteiger partial charge in [0.05, 0.1) is 0 Å². The van der Waals surface area contributed by atoms with Crippen molar-refractivity contribution in [1.82, 2.24) is 4.90 Å². The number of Topliss-reactive ketones (excluding diaryl/α,β-unsaturated/α-hetero) is 1. The summed E-state index contributed by atoms with van der Waals surface area (Å²) in [6.45, 7) is 14.3. The van der Waals surface area contributed by atoms with E-state index in [2.05, 4.69) is 58.1 Å². The number of hydrogen-bond donors (Lipinski definition) is 0. The molecule has 1 fully saturated rings. The first-order valence-corrected chi connectivity index (χ1v) is 13.8. The van der Waals surface area contributed by atoms with Crippen LogP contribution in [0.15, 0.2) is 58.2 Å². The molecule has 1 aliphatic heterocycles. The second-order valence-corrected chi connectivity index (χ2v) is 10.5. The van der Waals surface area contributed by atoms with Crippen molar-refractivity contribution in [3.8, 4) is 0 Å². The van der Waals surface area contributed by atoms with Crippen molar-refractivity contribution in [2.75, 3.05) is 13.1 Å². The van der Waals surface area contributed by atoms with Gasteiger partial charge in [0, 0.05) is 25.1 Å². The molecule has 3 heteroatoms. The van der Waals surface area contributed by atoms with E-state index in [1.165, 1.54) is 22.3 Å². The minimum absolute atomic E-state index is 0.225. The maximum absolute atomic E-state index is 12.4. The van der Waals surface area contributed by atoms with Gasteiger partial charge in [-0.25, -0.2) is 0 Å². The summed E-state index contributed by atoms with van der Waals surface area (Å²) in [4.78, 5) is 25.4. The molecule has 3 nitrogen and oxygen atoms in total. The molecule has 0 atom stereocenters. The molecule has 0 radical (unpaired) electrons. The summed E-state index contributed by atoms with van der Waals surface area (Å²) in [5.41, 5.74) is 6.64. The van der Waals surface area contributed by atoms with Crippen LogP contribution in [-0.4, -0.2) is 29.7 Å². The van der Waals surface area contributed by atoms with Crippen LogP contribution in [0.2, 0.25) is 0 Å². The first-order chi connectivity index (χ1) is 16.7. The van der Waals surface area contributed by atoms with E-state index in [9.17, 15) is 9.59 Å². The quantitative estimate of drug-likeness (QED) is 0.163. The predicted octanol–water partition coefficient (Wildman–Crippen LogP) is 8.83. The zero-order chi connectivity index (χ0) is 26.1. The largest absolute Gasteiger partial charge is 0.339 e. The molecular formula is C32H51NO2. The number of carbonyl (C=O) groups is 2. The van der Waals surface area contributed by atoms with E-state index in [0.29, 0.717) is 6.42 Å². The van der Waals surface area contributed by atoms with Gasteiger partial charge in [-0.3, -0.25) is 4.79 Å². The van der Waals surface area contributed by atoms with Crippen molar-refractivity contribution in [3.05, 3.63) is 58.2 Å². The molecular weight excluding hydrogens is 430 g/mol. The average molecular weight is 482 g/mol. The third-order valence-electron chi connectivity index (χ3n) is 6.80. The number of likely N-dealkylation sites (tertiary alicyclic amines) is 1. The lowest BCUT2D eigenvalue weighted by molar-refractivity contribution is -0.126. The van der Waals surface area contributed by atoms with Gasteiger partial charge < -0.3 is 9.69 Å². The second-order valence-electron chi connectivity index (χ2n) is 10.5. The lowest BCUT2D eigenvalue weighted by Crippen LogP contribution is -2.28. The van der Waals surface area contributed by atoms with Crippen LogP contribution in [0.25, 0.3) is 0 Å². The molecule has 0 saturated carbocycles. The molecule has 1 heterocycles. The highest BCUT2D eigenvalue weighted by atomic mass is 16.2. The second kappa shape index (κ2) is 18.2. The zero-order valence-electron chi connectivity index (χ0n) is 23.5. The Morgan fingerprint density at radius 3 is 1.26 bits per heavy atom. The molecule has 0 N–H and O–H groups in total. The Labute approximate surface area is 216 Å². The van der Waals surface area contributed by atoms with Crippen LogP contribution in [0.4, 0.5) is 0 Å². The average Bonchev–Trinajstić information content (AvgIpc) is 3.33. The van der Waals surface area contributed by atoms with Crippen LogP contribution >= 0.6 is 0 Å². The van der Waals surface area contributed by atoms with Crippen molar-refractivity contribution < 1.29 is 9.59 Å². The molecule has 1 aliphatic rings. The van der Waals surface area contributed by atoms with Crippen LogP contribution in [0.5, 0.6) is 0 Å². The summed E-state index contributed by atoms with van der Waals surface area (Å²) in [6, 6.07) is 0. The molecule has 0 aliphatic carbocycles. The monoisotopic (exact) mass is 481 g/mol. The Kier molecular flexibility index (Phi) is 16.0. The standard InChI is InChI=1S/C32H51NO2/c1-26(14-9-15-27(2)17-11-19-29(4)21-13-23-31(6)34)16-10-18-28(3)20-12-22-30(5)32(35)33-24-7-8-25-33/h14,17-18,21-22H,7-13,15-16,19-20,23-25H2,1-6H3. The summed E-state index contributed by atoms with van der Waals surface area (Å²) in [7, 11) is 0. The molecule has 0 aromatic carbocycles. The summed E-state index contributed by atoms with van der Waals surface area (Å²) in [5, 5.41) is 0. The molecule has 0 aromatic heterocycles. The normalized spacial score (nSPS) is 16.3. The summed E-state index contributed by atoms with van der Waals surface area (Å²) < 4.78 is 0. The number of rotatable bonds is 16. The minimum atomic E-state index is 0.225. The molecule has 1 rings (SSSR count). The Morgan fingerprint density at radius 1 is 0.543 bits per heavy atom. The van der Waals surface area contributed by atoms with E-state index in [4.69, 9.17) is 0 Å². The van der Waals surface area contributed by atoms with Gasteiger partial charge in [-0.1, -0.05) is 52.7 Å². The minimum Gasteiger partial charge on any atom is -0.339 e. The Bertz CT molecular complexity index is 817. The summed E-state index contributed by atoms with van der Waals surface area (Å²) >= 11 is 0. The van der Waals surface area contributed by atoms with Crippen LogP contribution in [0.3, 0.4) is 0 Å². The van der Waals surface area contributed by atoms with Crippen molar-refractivity contribution in [1.29, 1.82) is 0 Å². The van der Waals surface area contributed by atoms with Gasteiger partial charge in [0.1, 0.15) is 5.78 Å². The molecule has 0 unspecified atom stereocenters. The van der Waals surface area contributed by atoms with Crippen molar-refractivity contribution in [2.24, 2.45) is 0 Å². The van der Waals surface area contributed by atoms with Crippen LogP contribution in [0.1, 0.15) is 119 Å². The molecule has 196 valence electrons. The number of ketones is 1. The van der Waals surface area contributed by atoms with E-state index < -0.39 is 0 Å². The van der Waals surface area contributed by atoms with Gasteiger partial charge in [0.25, 0.3) is 0 Å². The van der Waals surface area contributed by atoms with Gasteiger partial charge in [-0.2, -0.15) is 0 Å². The zero-order valence-corrected chi connectivity index (χ0v) is 23.5. The fourth-order valence-corrected chi connectivity index (χ4v) is 4.34. The van der Waals surface area contributed by atoms with Crippen LogP contribution < -0.4 is 0 Å². The smallest absolute Gasteiger partial charge is 0.249 e. The third kappa shape index (κ3) is 15.4. The highest BCUT2D eigenvalue weighted by Crippen LogP contribution is 2.16. The van der Waals surface area contributed by atoms with Crippen LogP contribution in [0, 0.1) is 0 Å². The number of hydrogen-bond acceptors (Lipinski definition) is 2. The van der Waals surface area contributed by atoms with Crippen molar-refractivity contribution in [3.63, 3.8) is 0 Å². The third-order valence-corrected chi connectivity index (χ3v) is 6.80. The van der Waals surface area contributed by atoms with E-state index in [0.717, 1.165) is 89.3 Å². The lowest BCUT2D eigenvalue weighted by Gasteiger charge is -2.15. The molecule has 1 saturated heterocycles. The highest BCUT2D eigenvalue weighted by molar-refractivity contribution is 5.92. The molecule has 0 aromatic rings. The van der Waals surface area contributed by atoms with Gasteiger partial charge >= 0.3 is 0 Å². The number of carbonyl (C=O) groups excluding carboxylic acids is 2. The molecule has 35 heavy (non-hydrogen) atoms. The number of amides is 1. The Hall–Kier alpha value is -2.16. The van der Waals surface area contributed by atoms with Gasteiger partial charge in [-0.15, -0.1) is 0 Å². The Balaban J connectivity index is 2.23. The topological polar surface area (TPSA) is 37.4 Å².